The summed E-state index contributed by atoms with van der Waals surface area (Å²) in [6, 6.07) is 5.98. The minimum absolute atomic E-state index is 0.0405. The third-order valence-electron chi connectivity index (χ3n) is 4.55. The molecule has 1 aliphatic heterocycles. The van der Waals surface area contributed by atoms with Gasteiger partial charge in [-0.15, -0.1) is 0 Å². The summed E-state index contributed by atoms with van der Waals surface area (Å²) in [5, 5.41) is 14.2. The lowest BCUT2D eigenvalue weighted by Crippen LogP contribution is -2.20. The molecule has 1 aliphatic rings. The van der Waals surface area contributed by atoms with Crippen molar-refractivity contribution in [2.24, 2.45) is 7.05 Å². The molecule has 1 aromatic carbocycles. The van der Waals surface area contributed by atoms with Crippen LogP contribution in [0.2, 0.25) is 0 Å². The van der Waals surface area contributed by atoms with Crippen LogP contribution in [0.15, 0.2) is 52.6 Å². The molecule has 1 atom stereocenters. The molecular weight excluding hydrogens is 400 g/mol. The summed E-state index contributed by atoms with van der Waals surface area (Å²) < 4.78 is 26.9. The van der Waals surface area contributed by atoms with Gasteiger partial charge in [0.15, 0.2) is 5.13 Å². The van der Waals surface area contributed by atoms with Crippen LogP contribution >= 0.6 is 11.3 Å². The topological polar surface area (TPSA) is 105 Å². The molecule has 1 fully saturated rings. The van der Waals surface area contributed by atoms with Gasteiger partial charge in [-0.1, -0.05) is 23.5 Å². The Morgan fingerprint density at radius 1 is 1.29 bits per heavy atom. The molecule has 1 saturated heterocycles. The molecule has 1 N–H and O–H groups in total. The van der Waals surface area contributed by atoms with Crippen molar-refractivity contribution >= 4 is 32.1 Å². The van der Waals surface area contributed by atoms with E-state index in [0.717, 1.165) is 0 Å². The van der Waals surface area contributed by atoms with Gasteiger partial charge in [0.25, 0.3) is 0 Å². The van der Waals surface area contributed by atoms with Crippen LogP contribution in [0.1, 0.15) is 21.7 Å². The molecular formula is C18H18N4O4S2. The van der Waals surface area contributed by atoms with Crippen molar-refractivity contribution in [3.63, 3.8) is 0 Å². The molecule has 28 heavy (non-hydrogen) atoms. The highest BCUT2D eigenvalue weighted by Gasteiger charge is 2.25. The molecule has 0 bridgehead atoms. The lowest BCUT2D eigenvalue weighted by atomic mass is 10.1. The van der Waals surface area contributed by atoms with E-state index in [1.54, 1.807) is 19.2 Å². The molecule has 2 aromatic heterocycles. The van der Waals surface area contributed by atoms with Gasteiger partial charge in [-0.25, -0.2) is 13.4 Å². The molecule has 10 heteroatoms. The number of nitrogens with zero attached hydrogens (tertiary/aromatic N) is 4. The maximum absolute atomic E-state index is 12.8. The number of β-amino-alcohol motifs (C(OH)–C–C–N with tert-alkyl or cyclic N) is 1. The van der Waals surface area contributed by atoms with Gasteiger partial charge in [0.2, 0.25) is 15.6 Å². The predicted octanol–water partition coefficient (Wildman–Crippen LogP) is 1.51. The minimum atomic E-state index is -3.75. The molecule has 0 saturated carbocycles. The average Bonchev–Trinajstić information content (AvgIpc) is 3.42. The maximum atomic E-state index is 12.8. The second-order valence-electron chi connectivity index (χ2n) is 6.61. The lowest BCUT2D eigenvalue weighted by molar-refractivity contribution is 0.104. The largest absolute Gasteiger partial charge is 0.391 e. The zero-order chi connectivity index (χ0) is 19.9. The third kappa shape index (κ3) is 3.46. The molecule has 3 aromatic rings. The van der Waals surface area contributed by atoms with Gasteiger partial charge in [-0.05, 0) is 18.6 Å². The zero-order valence-electron chi connectivity index (χ0n) is 15.0. The standard InChI is InChI=1S/C18H18N4O4S2/c1-21-11-15(8-20-21)28(25,26)14-4-2-3-12(7-14)17(24)16-9-19-18(27-16)22-6-5-13(23)10-22/h2-4,7-9,11,13,23H,5-6,10H2,1H3/t13-/m0/s1. The highest BCUT2D eigenvalue weighted by atomic mass is 32.2. The van der Waals surface area contributed by atoms with Crippen molar-refractivity contribution in [2.75, 3.05) is 18.0 Å². The molecule has 0 radical (unpaired) electrons. The fourth-order valence-corrected chi connectivity index (χ4v) is 5.25. The highest BCUT2D eigenvalue weighted by Crippen LogP contribution is 2.28. The van der Waals surface area contributed by atoms with Gasteiger partial charge >= 0.3 is 0 Å². The molecule has 0 aliphatic carbocycles. The summed E-state index contributed by atoms with van der Waals surface area (Å²) in [5.74, 6) is -0.285. The third-order valence-corrected chi connectivity index (χ3v) is 7.31. The highest BCUT2D eigenvalue weighted by molar-refractivity contribution is 7.91. The van der Waals surface area contributed by atoms with E-state index < -0.39 is 9.84 Å². The van der Waals surface area contributed by atoms with Crippen molar-refractivity contribution in [3.05, 3.63) is 53.3 Å². The number of carbonyl (C=O) groups is 1. The monoisotopic (exact) mass is 418 g/mol. The zero-order valence-corrected chi connectivity index (χ0v) is 16.7. The normalized spacial score (nSPS) is 17.2. The number of aromatic nitrogens is 3. The van der Waals surface area contributed by atoms with Crippen LogP contribution in [0.5, 0.6) is 0 Å². The van der Waals surface area contributed by atoms with Crippen molar-refractivity contribution in [2.45, 2.75) is 22.3 Å². The number of sulfone groups is 1. The van der Waals surface area contributed by atoms with Crippen molar-refractivity contribution in [1.82, 2.24) is 14.8 Å². The Morgan fingerprint density at radius 3 is 2.79 bits per heavy atom. The maximum Gasteiger partial charge on any atom is 0.209 e. The number of benzene rings is 1. The van der Waals surface area contributed by atoms with Gasteiger partial charge in [0, 0.05) is 31.9 Å². The number of rotatable bonds is 5. The van der Waals surface area contributed by atoms with Crippen LogP contribution in [-0.4, -0.2) is 53.3 Å². The minimum Gasteiger partial charge on any atom is -0.391 e. The van der Waals surface area contributed by atoms with Gasteiger partial charge in [0.1, 0.15) is 4.90 Å². The summed E-state index contributed by atoms with van der Waals surface area (Å²) >= 11 is 1.24. The summed E-state index contributed by atoms with van der Waals surface area (Å²) in [6.45, 7) is 1.20. The molecule has 3 heterocycles. The fraction of sp³-hybridized carbons (Fsp3) is 0.278. The van der Waals surface area contributed by atoms with Crippen LogP contribution < -0.4 is 4.90 Å². The number of aliphatic hydroxyl groups excluding tert-OH is 1. The Labute approximate surface area is 166 Å². The van der Waals surface area contributed by atoms with Crippen molar-refractivity contribution in [1.29, 1.82) is 0 Å². The van der Waals surface area contributed by atoms with E-state index in [0.29, 0.717) is 29.5 Å². The summed E-state index contributed by atoms with van der Waals surface area (Å²) in [4.78, 5) is 19.6. The van der Waals surface area contributed by atoms with Gasteiger partial charge in [-0.3, -0.25) is 9.48 Å². The number of aliphatic hydroxyl groups is 1. The number of thiazole rings is 1. The van der Waals surface area contributed by atoms with E-state index in [1.807, 2.05) is 4.90 Å². The Morgan fingerprint density at radius 2 is 2.11 bits per heavy atom. The quantitative estimate of drug-likeness (QED) is 0.626. The average molecular weight is 419 g/mol. The van der Waals surface area contributed by atoms with Crippen LogP contribution in [0.4, 0.5) is 5.13 Å². The number of anilines is 1. The first kappa shape index (κ1) is 18.8. The first-order valence-corrected chi connectivity index (χ1v) is 10.9. The molecule has 4 rings (SSSR count). The number of carbonyl (C=O) groups excluding carboxylic acids is 1. The predicted molar refractivity (Wildman–Crippen MR) is 103 cm³/mol. The fourth-order valence-electron chi connectivity index (χ4n) is 3.05. The van der Waals surface area contributed by atoms with Gasteiger partial charge in [-0.2, -0.15) is 5.10 Å². The first-order chi connectivity index (χ1) is 13.3. The number of hydrogen-bond donors (Lipinski definition) is 1. The number of ketones is 1. The Balaban J connectivity index is 1.61. The first-order valence-electron chi connectivity index (χ1n) is 8.62. The van der Waals surface area contributed by atoms with E-state index in [1.165, 1.54) is 46.7 Å². The smallest absolute Gasteiger partial charge is 0.209 e. The summed E-state index contributed by atoms with van der Waals surface area (Å²) in [5.41, 5.74) is 0.279. The van der Waals surface area contributed by atoms with Gasteiger partial charge in [0.05, 0.1) is 28.3 Å². The Hall–Kier alpha value is -2.56. The second-order valence-corrected chi connectivity index (χ2v) is 9.56. The molecule has 8 nitrogen and oxygen atoms in total. The lowest BCUT2D eigenvalue weighted by Gasteiger charge is -2.12. The Kier molecular flexibility index (Phi) is 4.77. The molecule has 0 unspecified atom stereocenters. The second kappa shape index (κ2) is 7.12. The van der Waals surface area contributed by atoms with E-state index >= 15 is 0 Å². The van der Waals surface area contributed by atoms with Crippen LogP contribution in [0.3, 0.4) is 0 Å². The molecule has 0 spiro atoms. The van der Waals surface area contributed by atoms with E-state index in [-0.39, 0.29) is 27.2 Å². The van der Waals surface area contributed by atoms with Crippen LogP contribution in [0, 0.1) is 0 Å². The molecule has 0 amide bonds. The van der Waals surface area contributed by atoms with Crippen molar-refractivity contribution < 1.29 is 18.3 Å². The summed E-state index contributed by atoms with van der Waals surface area (Å²) in [6.07, 6.45) is 4.50. The SMILES string of the molecule is Cn1cc(S(=O)(=O)c2cccc(C(=O)c3cnc(N4CC[C@H](O)C4)s3)c2)cn1. The van der Waals surface area contributed by atoms with E-state index in [2.05, 4.69) is 10.1 Å². The van der Waals surface area contributed by atoms with Gasteiger partial charge < -0.3 is 10.0 Å². The molecule has 146 valence electrons. The Bertz CT molecular complexity index is 1140. The van der Waals surface area contributed by atoms with E-state index in [4.69, 9.17) is 0 Å². The van der Waals surface area contributed by atoms with Crippen LogP contribution in [0.25, 0.3) is 0 Å². The summed E-state index contributed by atoms with van der Waals surface area (Å²) in [7, 11) is -2.12. The van der Waals surface area contributed by atoms with Crippen molar-refractivity contribution in [3.8, 4) is 0 Å². The number of hydrogen-bond acceptors (Lipinski definition) is 8. The van der Waals surface area contributed by atoms with Crippen LogP contribution in [-0.2, 0) is 16.9 Å². The number of aryl methyl sites for hydroxylation is 1. The van der Waals surface area contributed by atoms with E-state index in [9.17, 15) is 18.3 Å².